The van der Waals surface area contributed by atoms with Crippen molar-refractivity contribution in [3.05, 3.63) is 120 Å². The molecule has 3 nitrogen and oxygen atoms in total. The maximum atomic E-state index is 13.4. The van der Waals surface area contributed by atoms with Gasteiger partial charge >= 0.3 is 5.97 Å². The van der Waals surface area contributed by atoms with Gasteiger partial charge in [0.1, 0.15) is 12.4 Å². The van der Waals surface area contributed by atoms with Crippen molar-refractivity contribution in [2.45, 2.75) is 6.04 Å². The minimum Gasteiger partial charge on any atom is -0.460 e. The number of aliphatic imine (C=N–C) groups is 1. The van der Waals surface area contributed by atoms with Gasteiger partial charge in [0, 0.05) is 11.1 Å². The van der Waals surface area contributed by atoms with Crippen LogP contribution in [0.3, 0.4) is 0 Å². The quantitative estimate of drug-likeness (QED) is 0.327. The van der Waals surface area contributed by atoms with Gasteiger partial charge in [0.25, 0.3) is 0 Å². The van der Waals surface area contributed by atoms with Crippen LogP contribution in [-0.2, 0) is 9.53 Å². The molecule has 0 spiro atoms. The first kappa shape index (κ1) is 19.2. The number of esters is 1. The summed E-state index contributed by atoms with van der Waals surface area (Å²) in [7, 11) is 0. The maximum Gasteiger partial charge on any atom is 0.335 e. The van der Waals surface area contributed by atoms with E-state index in [1.165, 1.54) is 18.2 Å². The minimum atomic E-state index is -0.920. The first-order valence-corrected chi connectivity index (χ1v) is 8.90. The standard InChI is InChI=1S/C24H20FNO2/c1-2-17-28-24(27)23(20-13-15-21(25)16-14-20)26-22(18-9-5-3-6-10-18)19-11-7-4-8-12-19/h2-16,23H,1,17H2. The molecule has 0 aliphatic rings. The van der Waals surface area contributed by atoms with Gasteiger partial charge in [0.2, 0.25) is 0 Å². The first-order valence-electron chi connectivity index (χ1n) is 8.90. The average molecular weight is 373 g/mol. The molecule has 0 radical (unpaired) electrons. The Balaban J connectivity index is 2.11. The summed E-state index contributed by atoms with van der Waals surface area (Å²) in [4.78, 5) is 17.5. The Morgan fingerprint density at radius 1 is 0.929 bits per heavy atom. The predicted molar refractivity (Wildman–Crippen MR) is 109 cm³/mol. The van der Waals surface area contributed by atoms with Gasteiger partial charge < -0.3 is 4.74 Å². The molecule has 1 unspecified atom stereocenters. The van der Waals surface area contributed by atoms with E-state index in [0.29, 0.717) is 11.3 Å². The fraction of sp³-hybridized carbons (Fsp3) is 0.0833. The summed E-state index contributed by atoms with van der Waals surface area (Å²) in [5.41, 5.74) is 2.96. The number of hydrogen-bond donors (Lipinski definition) is 0. The molecule has 28 heavy (non-hydrogen) atoms. The second kappa shape index (κ2) is 9.42. The van der Waals surface area contributed by atoms with E-state index in [4.69, 9.17) is 9.73 Å². The summed E-state index contributed by atoms with van der Waals surface area (Å²) in [5, 5.41) is 0. The Morgan fingerprint density at radius 3 is 1.96 bits per heavy atom. The average Bonchev–Trinajstić information content (AvgIpc) is 2.75. The fourth-order valence-corrected chi connectivity index (χ4v) is 2.77. The topological polar surface area (TPSA) is 38.7 Å². The number of benzene rings is 3. The Hall–Kier alpha value is -3.53. The van der Waals surface area contributed by atoms with Gasteiger partial charge in [-0.15, -0.1) is 0 Å². The zero-order valence-corrected chi connectivity index (χ0v) is 15.3. The summed E-state index contributed by atoms with van der Waals surface area (Å²) in [5.74, 6) is -0.895. The predicted octanol–water partition coefficient (Wildman–Crippen LogP) is 5.13. The third kappa shape index (κ3) is 4.80. The second-order valence-corrected chi connectivity index (χ2v) is 6.08. The van der Waals surface area contributed by atoms with E-state index in [-0.39, 0.29) is 12.4 Å². The molecular weight excluding hydrogens is 353 g/mol. The first-order chi connectivity index (χ1) is 13.7. The summed E-state index contributed by atoms with van der Waals surface area (Å²) in [6, 6.07) is 24.0. The van der Waals surface area contributed by atoms with Crippen molar-refractivity contribution < 1.29 is 13.9 Å². The monoisotopic (exact) mass is 373 g/mol. The highest BCUT2D eigenvalue weighted by Crippen LogP contribution is 2.23. The number of hydrogen-bond acceptors (Lipinski definition) is 3. The van der Waals surface area contributed by atoms with E-state index in [1.807, 2.05) is 60.7 Å². The molecule has 140 valence electrons. The molecule has 0 bridgehead atoms. The summed E-state index contributed by atoms with van der Waals surface area (Å²) >= 11 is 0. The number of carbonyl (C=O) groups excluding carboxylic acids is 1. The van der Waals surface area contributed by atoms with Crippen LogP contribution >= 0.6 is 0 Å². The molecule has 3 aromatic carbocycles. The lowest BCUT2D eigenvalue weighted by Crippen LogP contribution is -2.17. The highest BCUT2D eigenvalue weighted by Gasteiger charge is 2.23. The zero-order valence-electron chi connectivity index (χ0n) is 15.3. The molecule has 0 aliphatic carbocycles. The molecule has 0 fully saturated rings. The molecule has 0 aromatic heterocycles. The van der Waals surface area contributed by atoms with Crippen LogP contribution in [0.5, 0.6) is 0 Å². The number of ether oxygens (including phenoxy) is 1. The molecule has 0 amide bonds. The molecule has 4 heteroatoms. The van der Waals surface area contributed by atoms with E-state index in [2.05, 4.69) is 6.58 Å². The maximum absolute atomic E-state index is 13.4. The Labute approximate surface area is 163 Å². The molecular formula is C24H20FNO2. The van der Waals surface area contributed by atoms with Crippen LogP contribution in [0.15, 0.2) is 103 Å². The van der Waals surface area contributed by atoms with Crippen molar-refractivity contribution in [1.82, 2.24) is 0 Å². The molecule has 0 heterocycles. The Kier molecular flexibility index (Phi) is 6.47. The largest absolute Gasteiger partial charge is 0.460 e. The lowest BCUT2D eigenvalue weighted by Gasteiger charge is -2.15. The highest BCUT2D eigenvalue weighted by molar-refractivity contribution is 6.13. The van der Waals surface area contributed by atoms with Crippen molar-refractivity contribution >= 4 is 11.7 Å². The molecule has 0 saturated carbocycles. The van der Waals surface area contributed by atoms with Crippen LogP contribution in [-0.4, -0.2) is 18.3 Å². The smallest absolute Gasteiger partial charge is 0.335 e. The van der Waals surface area contributed by atoms with E-state index >= 15 is 0 Å². The van der Waals surface area contributed by atoms with E-state index in [1.54, 1.807) is 12.1 Å². The van der Waals surface area contributed by atoms with Gasteiger partial charge in [-0.3, -0.25) is 4.99 Å². The van der Waals surface area contributed by atoms with Crippen molar-refractivity contribution in [3.8, 4) is 0 Å². The number of nitrogens with zero attached hydrogens (tertiary/aromatic N) is 1. The van der Waals surface area contributed by atoms with Crippen molar-refractivity contribution in [3.63, 3.8) is 0 Å². The van der Waals surface area contributed by atoms with Gasteiger partial charge in [-0.25, -0.2) is 9.18 Å². The second-order valence-electron chi connectivity index (χ2n) is 6.08. The lowest BCUT2D eigenvalue weighted by atomic mass is 10.0. The van der Waals surface area contributed by atoms with Crippen molar-refractivity contribution in [1.29, 1.82) is 0 Å². The molecule has 0 saturated heterocycles. The molecule has 1 atom stereocenters. The SMILES string of the molecule is C=CCOC(=O)C(N=C(c1ccccc1)c1ccccc1)c1ccc(F)cc1. The van der Waals surface area contributed by atoms with E-state index in [9.17, 15) is 9.18 Å². The van der Waals surface area contributed by atoms with Crippen LogP contribution in [0.25, 0.3) is 0 Å². The molecule has 3 aromatic rings. The van der Waals surface area contributed by atoms with Gasteiger partial charge in [-0.2, -0.15) is 0 Å². The normalized spacial score (nSPS) is 11.3. The third-order valence-corrected chi connectivity index (χ3v) is 4.11. The van der Waals surface area contributed by atoms with E-state index < -0.39 is 12.0 Å². The summed E-state index contributed by atoms with van der Waals surface area (Å²) < 4.78 is 18.6. The van der Waals surface area contributed by atoms with Gasteiger partial charge in [-0.1, -0.05) is 85.5 Å². The summed E-state index contributed by atoms with van der Waals surface area (Å²) in [6.07, 6.45) is 1.50. The summed E-state index contributed by atoms with van der Waals surface area (Å²) in [6.45, 7) is 3.65. The molecule has 0 aliphatic heterocycles. The van der Waals surface area contributed by atoms with Gasteiger partial charge in [-0.05, 0) is 17.7 Å². The minimum absolute atomic E-state index is 0.0814. The van der Waals surface area contributed by atoms with E-state index in [0.717, 1.165) is 11.1 Å². The van der Waals surface area contributed by atoms with Crippen LogP contribution in [0.1, 0.15) is 22.7 Å². The lowest BCUT2D eigenvalue weighted by molar-refractivity contribution is -0.144. The number of carbonyl (C=O) groups is 1. The Bertz CT molecular complexity index is 909. The van der Waals surface area contributed by atoms with Crippen molar-refractivity contribution in [2.24, 2.45) is 4.99 Å². The molecule has 0 N–H and O–H groups in total. The number of halogens is 1. The van der Waals surface area contributed by atoms with Gasteiger partial charge in [0.15, 0.2) is 6.04 Å². The van der Waals surface area contributed by atoms with Crippen LogP contribution in [0, 0.1) is 5.82 Å². The van der Waals surface area contributed by atoms with Crippen LogP contribution < -0.4 is 0 Å². The van der Waals surface area contributed by atoms with Crippen LogP contribution in [0.2, 0.25) is 0 Å². The zero-order chi connectivity index (χ0) is 19.8. The Morgan fingerprint density at radius 2 is 1.46 bits per heavy atom. The van der Waals surface area contributed by atoms with Crippen molar-refractivity contribution in [2.75, 3.05) is 6.61 Å². The third-order valence-electron chi connectivity index (χ3n) is 4.11. The highest BCUT2D eigenvalue weighted by atomic mass is 19.1. The molecule has 3 rings (SSSR count). The van der Waals surface area contributed by atoms with Gasteiger partial charge in [0.05, 0.1) is 5.71 Å². The fourth-order valence-electron chi connectivity index (χ4n) is 2.77. The van der Waals surface area contributed by atoms with Crippen LogP contribution in [0.4, 0.5) is 4.39 Å². The number of rotatable bonds is 7.